The minimum Gasteiger partial charge on any atom is -0.673 e. The van der Waals surface area contributed by atoms with Crippen LogP contribution >= 0.6 is 24.8 Å². The summed E-state index contributed by atoms with van der Waals surface area (Å²) in [5.74, 6) is 0. The van der Waals surface area contributed by atoms with Gasteiger partial charge >= 0.3 is 21.7 Å². The first-order valence-corrected chi connectivity index (χ1v) is 6.83. The molecule has 0 fully saturated rings. The van der Waals surface area contributed by atoms with Gasteiger partial charge in [-0.2, -0.15) is 18.1 Å². The molecule has 0 aromatic heterocycles. The number of hydrogen-bond acceptors (Lipinski definition) is 0. The molecule has 22 heavy (non-hydrogen) atoms. The van der Waals surface area contributed by atoms with Gasteiger partial charge in [-0.25, -0.2) is 0 Å². The summed E-state index contributed by atoms with van der Waals surface area (Å²) in [7, 11) is 0. The Morgan fingerprint density at radius 2 is 1.59 bits per heavy atom. The third-order valence-electron chi connectivity index (χ3n) is 2.76. The largest absolute Gasteiger partial charge is 2.00 e. The Kier molecular flexibility index (Phi) is 14.9. The molecule has 0 atom stereocenters. The summed E-state index contributed by atoms with van der Waals surface area (Å²) < 4.78 is 0. The third-order valence-corrected chi connectivity index (χ3v) is 2.76. The van der Waals surface area contributed by atoms with E-state index in [0.29, 0.717) is 0 Å². The summed E-state index contributed by atoms with van der Waals surface area (Å²) in [5, 5.41) is 0. The average molecular weight is 376 g/mol. The van der Waals surface area contributed by atoms with Crippen LogP contribution in [-0.2, 0) is 21.7 Å². The second kappa shape index (κ2) is 12.3. The van der Waals surface area contributed by atoms with Crippen molar-refractivity contribution in [3.8, 4) is 0 Å². The van der Waals surface area contributed by atoms with E-state index >= 15 is 0 Å². The molecule has 1 nitrogen and oxygen atoms in total. The van der Waals surface area contributed by atoms with Crippen molar-refractivity contribution in [3.05, 3.63) is 65.3 Å². The Balaban J connectivity index is -0.000000401. The number of nitrogens with one attached hydrogen (secondary N) is 1. The van der Waals surface area contributed by atoms with E-state index in [1.54, 1.807) is 0 Å². The predicted molar refractivity (Wildman–Crippen MR) is 100 cm³/mol. The molecular formula is C18H27Cl2NTi. The molecule has 4 heteroatoms. The van der Waals surface area contributed by atoms with Crippen LogP contribution in [0, 0.1) is 6.42 Å². The molecule has 0 saturated carbocycles. The van der Waals surface area contributed by atoms with Crippen molar-refractivity contribution >= 4 is 30.4 Å². The Morgan fingerprint density at radius 1 is 1.09 bits per heavy atom. The van der Waals surface area contributed by atoms with Gasteiger partial charge in [0.1, 0.15) is 0 Å². The van der Waals surface area contributed by atoms with Crippen LogP contribution in [0.4, 0.5) is 0 Å². The number of hydrogen-bond donors (Lipinski definition) is 0. The Labute approximate surface area is 163 Å². The smallest absolute Gasteiger partial charge is 0.673 e. The van der Waals surface area contributed by atoms with Crippen molar-refractivity contribution in [2.24, 2.45) is 0 Å². The van der Waals surface area contributed by atoms with Gasteiger partial charge in [0, 0.05) is 0 Å². The standard InChI is InChI=1S/C14H15.C4H10N.2ClH.Ti/c1-3-12-8-4-5-9-14(12)13-10-6-7-11(13)2;1-4(2,3)5;;;/h3-9H,10H2,1-2H3;5H,1-3H3;2*1H;/q2*-1;;;+2. The summed E-state index contributed by atoms with van der Waals surface area (Å²) in [6.45, 7) is 9.84. The molecule has 1 N–H and O–H groups in total. The van der Waals surface area contributed by atoms with E-state index in [9.17, 15) is 0 Å². The fourth-order valence-electron chi connectivity index (χ4n) is 1.96. The average Bonchev–Trinajstić information content (AvgIpc) is 2.73. The second-order valence-corrected chi connectivity index (χ2v) is 5.89. The van der Waals surface area contributed by atoms with Crippen LogP contribution in [-0.4, -0.2) is 5.54 Å². The van der Waals surface area contributed by atoms with Crippen LogP contribution in [0.2, 0.25) is 0 Å². The summed E-state index contributed by atoms with van der Waals surface area (Å²) in [5.41, 5.74) is 12.3. The van der Waals surface area contributed by atoms with Gasteiger partial charge < -0.3 is 5.73 Å². The van der Waals surface area contributed by atoms with Gasteiger partial charge in [0.15, 0.2) is 0 Å². The van der Waals surface area contributed by atoms with E-state index in [-0.39, 0.29) is 52.1 Å². The van der Waals surface area contributed by atoms with E-state index in [4.69, 9.17) is 5.73 Å². The zero-order valence-electron chi connectivity index (χ0n) is 14.1. The van der Waals surface area contributed by atoms with Crippen molar-refractivity contribution in [2.45, 2.75) is 46.6 Å². The molecule has 1 aromatic rings. The molecule has 2 rings (SSSR count). The SMILES string of the molecule is CC(C)(C)[NH-].C[CH-]c1ccccc1C1=C(C)C=CC1.Cl.Cl.[Ti+2]. The summed E-state index contributed by atoms with van der Waals surface area (Å²) in [6, 6.07) is 8.59. The van der Waals surface area contributed by atoms with Crippen molar-refractivity contribution in [2.75, 3.05) is 0 Å². The molecule has 0 amide bonds. The van der Waals surface area contributed by atoms with Crippen LogP contribution in [0.3, 0.4) is 0 Å². The van der Waals surface area contributed by atoms with Crippen LogP contribution in [0.5, 0.6) is 0 Å². The van der Waals surface area contributed by atoms with E-state index in [1.165, 1.54) is 22.3 Å². The normalized spacial score (nSPS) is 12.3. The van der Waals surface area contributed by atoms with Crippen LogP contribution in [0.15, 0.2) is 42.0 Å². The monoisotopic (exact) mass is 375 g/mol. The predicted octanol–water partition coefficient (Wildman–Crippen LogP) is 6.67. The summed E-state index contributed by atoms with van der Waals surface area (Å²) >= 11 is 0. The van der Waals surface area contributed by atoms with E-state index in [0.717, 1.165) is 6.42 Å². The van der Waals surface area contributed by atoms with Crippen molar-refractivity contribution in [1.82, 2.24) is 0 Å². The van der Waals surface area contributed by atoms with E-state index in [2.05, 4.69) is 56.7 Å². The first-order chi connectivity index (χ1) is 8.83. The maximum atomic E-state index is 6.94. The number of allylic oxidation sites excluding steroid dienone is 4. The van der Waals surface area contributed by atoms with E-state index < -0.39 is 0 Å². The van der Waals surface area contributed by atoms with Crippen LogP contribution < -0.4 is 0 Å². The Hall–Kier alpha value is -0.176. The maximum absolute atomic E-state index is 6.94. The number of halogens is 2. The van der Waals surface area contributed by atoms with Gasteiger partial charge in [-0.1, -0.05) is 57.1 Å². The molecule has 0 radical (unpaired) electrons. The summed E-state index contributed by atoms with van der Waals surface area (Å²) in [6.07, 6.45) is 7.70. The number of benzene rings is 1. The fourth-order valence-corrected chi connectivity index (χ4v) is 1.96. The first kappa shape index (κ1) is 26.7. The minimum absolute atomic E-state index is 0. The molecule has 0 spiro atoms. The third kappa shape index (κ3) is 9.76. The van der Waals surface area contributed by atoms with Crippen LogP contribution in [0.25, 0.3) is 11.3 Å². The van der Waals surface area contributed by atoms with Gasteiger partial charge in [-0.3, -0.25) is 0 Å². The Morgan fingerprint density at radius 3 is 2.00 bits per heavy atom. The molecule has 1 aliphatic carbocycles. The van der Waals surface area contributed by atoms with Gasteiger partial charge in [0.2, 0.25) is 0 Å². The molecular weight excluding hydrogens is 349 g/mol. The van der Waals surface area contributed by atoms with Gasteiger partial charge in [0.05, 0.1) is 0 Å². The molecule has 0 bridgehead atoms. The molecule has 1 aromatic carbocycles. The van der Waals surface area contributed by atoms with Crippen LogP contribution in [0.1, 0.15) is 52.2 Å². The summed E-state index contributed by atoms with van der Waals surface area (Å²) in [4.78, 5) is 0. The molecule has 122 valence electrons. The minimum atomic E-state index is -0.250. The van der Waals surface area contributed by atoms with Gasteiger partial charge in [-0.15, -0.1) is 48.0 Å². The van der Waals surface area contributed by atoms with Gasteiger partial charge in [0.25, 0.3) is 0 Å². The van der Waals surface area contributed by atoms with Crippen molar-refractivity contribution in [3.63, 3.8) is 0 Å². The van der Waals surface area contributed by atoms with Gasteiger partial charge in [-0.05, 0) is 13.3 Å². The van der Waals surface area contributed by atoms with Crippen molar-refractivity contribution < 1.29 is 21.7 Å². The van der Waals surface area contributed by atoms with Crippen molar-refractivity contribution in [1.29, 1.82) is 0 Å². The maximum Gasteiger partial charge on any atom is 2.00 e. The van der Waals surface area contributed by atoms with E-state index in [1.807, 2.05) is 20.8 Å². The molecule has 1 aliphatic rings. The molecule has 0 saturated heterocycles. The Bertz CT molecular complexity index is 482. The number of rotatable bonds is 2. The quantitative estimate of drug-likeness (QED) is 0.407. The molecule has 0 aliphatic heterocycles. The zero-order valence-corrected chi connectivity index (χ0v) is 17.3. The molecule has 0 unspecified atom stereocenters. The zero-order chi connectivity index (χ0) is 14.5. The topological polar surface area (TPSA) is 23.8 Å². The fraction of sp³-hybridized carbons (Fsp3) is 0.389. The second-order valence-electron chi connectivity index (χ2n) is 5.89. The molecule has 0 heterocycles. The first-order valence-electron chi connectivity index (χ1n) is 6.83.